The van der Waals surface area contributed by atoms with E-state index in [1.54, 1.807) is 25.1 Å². The molecule has 0 bridgehead atoms. The number of rotatable bonds is 7. The van der Waals surface area contributed by atoms with Gasteiger partial charge in [0.15, 0.2) is 34.7 Å². The predicted octanol–water partition coefficient (Wildman–Crippen LogP) is -0.712. The highest BCUT2D eigenvalue weighted by molar-refractivity contribution is 6.32. The average molecular weight is 551 g/mol. The molecule has 1 aromatic rings. The number of primary amides is 1. The second-order valence-corrected chi connectivity index (χ2v) is 11.0. The van der Waals surface area contributed by atoms with Crippen LogP contribution in [0.5, 0.6) is 5.75 Å². The van der Waals surface area contributed by atoms with Gasteiger partial charge in [-0.05, 0) is 44.5 Å². The summed E-state index contributed by atoms with van der Waals surface area (Å²) in [5.41, 5.74) is 3.45. The number of Topliss-reactive ketones (excluding diaryl/α,β-unsaturated/α-hetero) is 4. The van der Waals surface area contributed by atoms with E-state index in [0.29, 0.717) is 11.3 Å². The van der Waals surface area contributed by atoms with Gasteiger partial charge >= 0.3 is 0 Å². The van der Waals surface area contributed by atoms with Crippen molar-refractivity contribution in [1.29, 1.82) is 0 Å². The van der Waals surface area contributed by atoms with Gasteiger partial charge in [0.1, 0.15) is 5.75 Å². The number of fused-ring (bicyclic) bond motifs is 3. The summed E-state index contributed by atoms with van der Waals surface area (Å²) in [5, 5.41) is 25.2. The summed E-state index contributed by atoms with van der Waals surface area (Å²) < 4.78 is 25.3. The SMILES string of the molecule is CN(C)c1cc(CNCC(F)F)c(O)c2c1C[C@H]1C[C@H]3[C@H](N(C)C)C(=O)C(C(N)=O)C(=O)[C@@]3(O)C(=O)C1C2=O. The van der Waals surface area contributed by atoms with Crippen molar-refractivity contribution in [3.63, 3.8) is 0 Å². The van der Waals surface area contributed by atoms with Crippen molar-refractivity contribution in [1.82, 2.24) is 10.2 Å². The molecule has 0 heterocycles. The number of hydrogen-bond donors (Lipinski definition) is 4. The Morgan fingerprint density at radius 3 is 2.36 bits per heavy atom. The molecule has 0 aromatic heterocycles. The van der Waals surface area contributed by atoms with Crippen molar-refractivity contribution < 1.29 is 43.0 Å². The lowest BCUT2D eigenvalue weighted by Crippen LogP contribution is -2.74. The third-order valence-electron chi connectivity index (χ3n) is 8.21. The van der Waals surface area contributed by atoms with Gasteiger partial charge in [-0.25, -0.2) is 8.78 Å². The standard InChI is InChI=1S/C26H32F2N4O7/c1-31(2)14-7-11(8-30-9-15(27)28)20(33)17-12(14)5-10-6-13-19(32(3)4)22(35)18(25(29)38)24(37)26(13,39)23(36)16(10)21(17)34/h7,10,13,15-16,18-19,30,33,39H,5-6,8-9H2,1-4H3,(H2,29,38)/t10-,13-,16?,18?,19-,26-/m0/s1. The van der Waals surface area contributed by atoms with E-state index in [1.807, 2.05) is 0 Å². The lowest BCUT2D eigenvalue weighted by atomic mass is 9.52. The summed E-state index contributed by atoms with van der Waals surface area (Å²) in [6.07, 6.45) is -2.59. The molecule has 0 spiro atoms. The maximum Gasteiger partial charge on any atom is 0.250 e. The number of benzene rings is 1. The van der Waals surface area contributed by atoms with Crippen LogP contribution in [0, 0.1) is 23.7 Å². The topological polar surface area (TPSA) is 170 Å². The number of amides is 1. The molecule has 212 valence electrons. The number of phenols is 1. The molecule has 13 heteroatoms. The van der Waals surface area contributed by atoms with Crippen LogP contribution in [0.2, 0.25) is 0 Å². The Labute approximate surface area is 223 Å². The number of aromatic hydroxyl groups is 1. The second-order valence-electron chi connectivity index (χ2n) is 11.0. The quantitative estimate of drug-likeness (QED) is 0.318. The molecule has 1 amide bonds. The van der Waals surface area contributed by atoms with Gasteiger partial charge in [-0.2, -0.15) is 0 Å². The van der Waals surface area contributed by atoms with Crippen LogP contribution in [0.4, 0.5) is 14.5 Å². The number of carbonyl (C=O) groups excluding carboxylic acids is 5. The number of hydrogen-bond acceptors (Lipinski definition) is 10. The van der Waals surface area contributed by atoms with Crippen LogP contribution in [0.15, 0.2) is 6.07 Å². The monoisotopic (exact) mass is 550 g/mol. The Bertz CT molecular complexity index is 1270. The number of nitrogens with one attached hydrogen (secondary N) is 1. The molecule has 2 saturated carbocycles. The minimum Gasteiger partial charge on any atom is -0.507 e. The fourth-order valence-corrected chi connectivity index (χ4v) is 6.56. The van der Waals surface area contributed by atoms with Crippen LogP contribution in [0.3, 0.4) is 0 Å². The normalized spacial score (nSPS) is 30.3. The summed E-state index contributed by atoms with van der Waals surface area (Å²) in [4.78, 5) is 69.4. The first-order valence-electron chi connectivity index (χ1n) is 12.5. The molecule has 3 aliphatic carbocycles. The highest BCUT2D eigenvalue weighted by Crippen LogP contribution is 2.52. The number of halogens is 2. The number of ketones is 4. The van der Waals surface area contributed by atoms with Gasteiger partial charge in [0.05, 0.1) is 24.1 Å². The molecule has 2 fully saturated rings. The Kier molecular flexibility index (Phi) is 7.38. The number of alkyl halides is 2. The zero-order valence-electron chi connectivity index (χ0n) is 22.0. The van der Waals surface area contributed by atoms with Gasteiger partial charge in [0, 0.05) is 37.8 Å². The van der Waals surface area contributed by atoms with E-state index in [9.17, 15) is 43.0 Å². The molecule has 1 aromatic carbocycles. The number of likely N-dealkylation sites (N-methyl/N-ethyl adjacent to an activating group) is 1. The third-order valence-corrected chi connectivity index (χ3v) is 8.21. The van der Waals surface area contributed by atoms with Gasteiger partial charge in [-0.3, -0.25) is 28.9 Å². The maximum atomic E-state index is 13.9. The molecule has 39 heavy (non-hydrogen) atoms. The minimum atomic E-state index is -2.81. The Morgan fingerprint density at radius 1 is 1.18 bits per heavy atom. The van der Waals surface area contributed by atoms with E-state index in [1.165, 1.54) is 19.0 Å². The fraction of sp³-hybridized carbons (Fsp3) is 0.577. The molecular formula is C26H32F2N4O7. The van der Waals surface area contributed by atoms with E-state index in [-0.39, 0.29) is 30.5 Å². The van der Waals surface area contributed by atoms with Gasteiger partial charge < -0.3 is 26.2 Å². The number of nitrogens with two attached hydrogens (primary N) is 1. The number of nitrogens with zero attached hydrogens (tertiary/aromatic N) is 2. The highest BCUT2D eigenvalue weighted by atomic mass is 19.3. The number of carbonyl (C=O) groups is 5. The minimum absolute atomic E-state index is 0.0603. The molecular weight excluding hydrogens is 518 g/mol. The molecule has 3 aliphatic rings. The van der Waals surface area contributed by atoms with Gasteiger partial charge in [-0.15, -0.1) is 0 Å². The molecule has 0 radical (unpaired) electrons. The second kappa shape index (κ2) is 10.0. The molecule has 2 unspecified atom stereocenters. The van der Waals surface area contributed by atoms with E-state index >= 15 is 0 Å². The molecule has 0 saturated heterocycles. The van der Waals surface area contributed by atoms with E-state index in [0.717, 1.165) is 0 Å². The molecule has 6 atom stereocenters. The van der Waals surface area contributed by atoms with Crippen LogP contribution < -0.4 is 16.0 Å². The first-order valence-corrected chi connectivity index (χ1v) is 12.5. The summed E-state index contributed by atoms with van der Waals surface area (Å²) in [6.45, 7) is -0.828. The van der Waals surface area contributed by atoms with Crippen molar-refractivity contribution in [2.75, 3.05) is 39.6 Å². The Morgan fingerprint density at radius 2 is 1.82 bits per heavy atom. The van der Waals surface area contributed by atoms with Crippen molar-refractivity contribution in [2.45, 2.75) is 37.5 Å². The molecule has 5 N–H and O–H groups in total. The van der Waals surface area contributed by atoms with Crippen LogP contribution >= 0.6 is 0 Å². The van der Waals surface area contributed by atoms with Crippen LogP contribution in [0.25, 0.3) is 0 Å². The number of phenolic OH excluding ortho intramolecular Hbond substituents is 1. The average Bonchev–Trinajstić information content (AvgIpc) is 2.81. The summed E-state index contributed by atoms with van der Waals surface area (Å²) in [7, 11) is 6.44. The molecule has 4 rings (SSSR count). The molecule has 11 nitrogen and oxygen atoms in total. The summed E-state index contributed by atoms with van der Waals surface area (Å²) in [5.74, 6) is -11.4. The van der Waals surface area contributed by atoms with Crippen molar-refractivity contribution in [3.05, 3.63) is 22.8 Å². The predicted molar refractivity (Wildman–Crippen MR) is 133 cm³/mol. The highest BCUT2D eigenvalue weighted by Gasteiger charge is 2.69. The van der Waals surface area contributed by atoms with Crippen molar-refractivity contribution in [3.8, 4) is 5.75 Å². The van der Waals surface area contributed by atoms with Crippen LogP contribution in [-0.2, 0) is 32.1 Å². The van der Waals surface area contributed by atoms with Crippen molar-refractivity contribution >= 4 is 34.7 Å². The van der Waals surface area contributed by atoms with Gasteiger partial charge in [0.2, 0.25) is 5.91 Å². The number of aliphatic hydroxyl groups is 1. The smallest absolute Gasteiger partial charge is 0.250 e. The zero-order valence-corrected chi connectivity index (χ0v) is 22.0. The Balaban J connectivity index is 1.84. The first-order chi connectivity index (χ1) is 18.1. The van der Waals surface area contributed by atoms with Crippen LogP contribution in [0.1, 0.15) is 27.9 Å². The van der Waals surface area contributed by atoms with Crippen LogP contribution in [-0.4, -0.2) is 97.0 Å². The van der Waals surface area contributed by atoms with E-state index in [2.05, 4.69) is 5.32 Å². The largest absolute Gasteiger partial charge is 0.507 e. The maximum absolute atomic E-state index is 13.9. The summed E-state index contributed by atoms with van der Waals surface area (Å²) >= 11 is 0. The van der Waals surface area contributed by atoms with Gasteiger partial charge in [-0.1, -0.05) is 0 Å². The Hall–Kier alpha value is -3.29. The lowest BCUT2D eigenvalue weighted by Gasteiger charge is -2.52. The summed E-state index contributed by atoms with van der Waals surface area (Å²) in [6, 6.07) is 0.395. The van der Waals surface area contributed by atoms with Crippen molar-refractivity contribution in [2.24, 2.45) is 29.4 Å². The lowest BCUT2D eigenvalue weighted by molar-refractivity contribution is -0.181. The van der Waals surface area contributed by atoms with E-state index in [4.69, 9.17) is 5.73 Å². The van der Waals surface area contributed by atoms with Gasteiger partial charge in [0.25, 0.3) is 6.43 Å². The fourth-order valence-electron chi connectivity index (χ4n) is 6.56. The zero-order chi connectivity index (χ0) is 29.1. The van der Waals surface area contributed by atoms with E-state index < -0.39 is 83.1 Å². The number of anilines is 1. The first kappa shape index (κ1) is 28.7. The third kappa shape index (κ3) is 4.32. The molecule has 0 aliphatic heterocycles.